The monoisotopic (exact) mass is 288 g/mol. The van der Waals surface area contributed by atoms with Crippen molar-refractivity contribution in [3.8, 4) is 11.5 Å². The highest BCUT2D eigenvalue weighted by Crippen LogP contribution is 2.51. The molecule has 22 heavy (non-hydrogen) atoms. The second-order valence-corrected chi connectivity index (χ2v) is 5.47. The minimum Gasteiger partial charge on any atom is -0.452 e. The highest BCUT2D eigenvalue weighted by molar-refractivity contribution is 5.86. The van der Waals surface area contributed by atoms with Gasteiger partial charge in [-0.15, -0.1) is 0 Å². The Morgan fingerprint density at radius 3 is 1.95 bits per heavy atom. The molecular weight excluding hydrogens is 272 g/mol. The molecule has 0 bridgehead atoms. The molecule has 0 saturated carbocycles. The van der Waals surface area contributed by atoms with E-state index in [0.717, 1.165) is 39.8 Å². The van der Waals surface area contributed by atoms with Gasteiger partial charge in [0.05, 0.1) is 11.4 Å². The Balaban J connectivity index is 2.02. The first-order chi connectivity index (χ1) is 10.8. The number of aryl methyl sites for hydroxylation is 2. The largest absolute Gasteiger partial charge is 0.452 e. The van der Waals surface area contributed by atoms with Gasteiger partial charge in [-0.1, -0.05) is 30.3 Å². The highest BCUT2D eigenvalue weighted by atomic mass is 16.5. The van der Waals surface area contributed by atoms with Crippen LogP contribution in [0.4, 0.5) is 17.2 Å². The van der Waals surface area contributed by atoms with E-state index in [9.17, 15) is 0 Å². The Labute approximate surface area is 129 Å². The van der Waals surface area contributed by atoms with Crippen LogP contribution in [0.3, 0.4) is 0 Å². The van der Waals surface area contributed by atoms with Gasteiger partial charge in [-0.3, -0.25) is 4.90 Å². The average molecular weight is 288 g/mol. The molecule has 3 nitrogen and oxygen atoms in total. The Morgan fingerprint density at radius 2 is 1.41 bits per heavy atom. The molecule has 0 spiro atoms. The van der Waals surface area contributed by atoms with E-state index < -0.39 is 0 Å². The number of anilines is 3. The lowest BCUT2D eigenvalue weighted by Crippen LogP contribution is -2.17. The fraction of sp³-hybridized carbons (Fsp3) is 0.105. The normalized spacial score (nSPS) is 12.4. The lowest BCUT2D eigenvalue weighted by Gasteiger charge is -2.33. The van der Waals surface area contributed by atoms with Crippen LogP contribution in [-0.4, -0.2) is 4.98 Å². The summed E-state index contributed by atoms with van der Waals surface area (Å²) >= 11 is 0. The van der Waals surface area contributed by atoms with E-state index in [-0.39, 0.29) is 0 Å². The molecule has 0 unspecified atom stereocenters. The molecule has 0 atom stereocenters. The number of ether oxygens (including phenoxy) is 1. The average Bonchev–Trinajstić information content (AvgIpc) is 2.55. The van der Waals surface area contributed by atoms with Crippen LogP contribution in [-0.2, 0) is 0 Å². The SMILES string of the molecule is Cc1cccc2c1Oc1c(C)cccc1N2c1ccccn1. The van der Waals surface area contributed by atoms with Crippen LogP contribution in [0.15, 0.2) is 60.8 Å². The quantitative estimate of drug-likeness (QED) is 0.477. The molecular formula is C19H16N2O. The maximum absolute atomic E-state index is 6.22. The van der Waals surface area contributed by atoms with E-state index in [2.05, 4.69) is 48.0 Å². The fourth-order valence-corrected chi connectivity index (χ4v) is 2.86. The first-order valence-electron chi connectivity index (χ1n) is 7.34. The first-order valence-corrected chi connectivity index (χ1v) is 7.34. The summed E-state index contributed by atoms with van der Waals surface area (Å²) in [4.78, 5) is 6.69. The van der Waals surface area contributed by atoms with Crippen LogP contribution in [0.5, 0.6) is 11.5 Å². The predicted molar refractivity (Wildman–Crippen MR) is 88.5 cm³/mol. The molecule has 1 aromatic heterocycles. The van der Waals surface area contributed by atoms with Gasteiger partial charge in [0.15, 0.2) is 11.5 Å². The Kier molecular flexibility index (Phi) is 2.86. The Morgan fingerprint density at radius 1 is 0.773 bits per heavy atom. The summed E-state index contributed by atoms with van der Waals surface area (Å²) in [6.45, 7) is 4.14. The Bertz CT molecular complexity index is 792. The standard InChI is InChI=1S/C19H16N2O/c1-13-7-5-9-15-18(13)22-19-14(2)8-6-10-16(19)21(15)17-11-3-4-12-20-17/h3-12H,1-2H3. The van der Waals surface area contributed by atoms with Crippen LogP contribution in [0.2, 0.25) is 0 Å². The summed E-state index contributed by atoms with van der Waals surface area (Å²) in [5.74, 6) is 2.69. The van der Waals surface area contributed by atoms with Gasteiger partial charge in [-0.2, -0.15) is 0 Å². The summed E-state index contributed by atoms with van der Waals surface area (Å²) in [5.41, 5.74) is 4.29. The summed E-state index contributed by atoms with van der Waals surface area (Å²) in [7, 11) is 0. The number of benzene rings is 2. The molecule has 0 radical (unpaired) electrons. The maximum Gasteiger partial charge on any atom is 0.154 e. The van der Waals surface area contributed by atoms with Crippen molar-refractivity contribution in [2.45, 2.75) is 13.8 Å². The minimum absolute atomic E-state index is 0.893. The number of fused-ring (bicyclic) bond motifs is 2. The maximum atomic E-state index is 6.22. The van der Waals surface area contributed by atoms with Gasteiger partial charge in [0.2, 0.25) is 0 Å². The number of aromatic nitrogens is 1. The van der Waals surface area contributed by atoms with Gasteiger partial charge < -0.3 is 4.74 Å². The molecule has 1 aliphatic rings. The second kappa shape index (κ2) is 4.88. The molecule has 2 heterocycles. The molecule has 3 heteroatoms. The van der Waals surface area contributed by atoms with Crippen LogP contribution >= 0.6 is 0 Å². The van der Waals surface area contributed by atoms with Crippen LogP contribution < -0.4 is 9.64 Å². The van der Waals surface area contributed by atoms with Crippen molar-refractivity contribution in [1.82, 2.24) is 4.98 Å². The van der Waals surface area contributed by atoms with Crippen molar-refractivity contribution >= 4 is 17.2 Å². The van der Waals surface area contributed by atoms with Gasteiger partial charge in [0.25, 0.3) is 0 Å². The first kappa shape index (κ1) is 12.9. The van der Waals surface area contributed by atoms with Crippen molar-refractivity contribution in [3.05, 3.63) is 71.9 Å². The van der Waals surface area contributed by atoms with Crippen LogP contribution in [0, 0.1) is 13.8 Å². The lowest BCUT2D eigenvalue weighted by molar-refractivity contribution is 0.469. The zero-order chi connectivity index (χ0) is 15.1. The molecule has 0 aliphatic carbocycles. The summed E-state index contributed by atoms with van der Waals surface area (Å²) in [5, 5.41) is 0. The molecule has 2 aromatic carbocycles. The van der Waals surface area contributed by atoms with Crippen LogP contribution in [0.1, 0.15) is 11.1 Å². The molecule has 0 amide bonds. The van der Waals surface area contributed by atoms with Gasteiger partial charge in [-0.25, -0.2) is 4.98 Å². The van der Waals surface area contributed by atoms with Gasteiger partial charge >= 0.3 is 0 Å². The topological polar surface area (TPSA) is 25.4 Å². The van der Waals surface area contributed by atoms with Crippen LogP contribution in [0.25, 0.3) is 0 Å². The highest BCUT2D eigenvalue weighted by Gasteiger charge is 2.28. The van der Waals surface area contributed by atoms with Crippen molar-refractivity contribution in [1.29, 1.82) is 0 Å². The molecule has 1 aliphatic heterocycles. The van der Waals surface area contributed by atoms with Gasteiger partial charge in [0.1, 0.15) is 5.82 Å². The smallest absolute Gasteiger partial charge is 0.154 e. The Hall–Kier alpha value is -2.81. The van der Waals surface area contributed by atoms with E-state index in [1.807, 2.05) is 36.5 Å². The van der Waals surface area contributed by atoms with E-state index in [0.29, 0.717) is 0 Å². The number of para-hydroxylation sites is 2. The van der Waals surface area contributed by atoms with Gasteiger partial charge in [0, 0.05) is 6.20 Å². The molecule has 3 aromatic rings. The third-order valence-electron chi connectivity index (χ3n) is 3.95. The molecule has 0 fully saturated rings. The third-order valence-corrected chi connectivity index (χ3v) is 3.95. The zero-order valence-corrected chi connectivity index (χ0v) is 12.6. The van der Waals surface area contributed by atoms with E-state index in [1.54, 1.807) is 0 Å². The minimum atomic E-state index is 0.893. The lowest BCUT2D eigenvalue weighted by atomic mass is 10.1. The summed E-state index contributed by atoms with van der Waals surface area (Å²) in [6.07, 6.45) is 1.82. The number of nitrogens with zero attached hydrogens (tertiary/aromatic N) is 2. The zero-order valence-electron chi connectivity index (χ0n) is 12.6. The number of pyridine rings is 1. The number of rotatable bonds is 1. The molecule has 0 saturated heterocycles. The van der Waals surface area contributed by atoms with Gasteiger partial charge in [-0.05, 0) is 49.2 Å². The van der Waals surface area contributed by atoms with E-state index >= 15 is 0 Å². The van der Waals surface area contributed by atoms with E-state index in [4.69, 9.17) is 4.74 Å². The molecule has 108 valence electrons. The van der Waals surface area contributed by atoms with Crippen molar-refractivity contribution < 1.29 is 4.74 Å². The van der Waals surface area contributed by atoms with Crippen molar-refractivity contribution in [2.24, 2.45) is 0 Å². The fourth-order valence-electron chi connectivity index (χ4n) is 2.86. The van der Waals surface area contributed by atoms with Crippen molar-refractivity contribution in [2.75, 3.05) is 4.90 Å². The molecule has 0 N–H and O–H groups in total. The van der Waals surface area contributed by atoms with E-state index in [1.165, 1.54) is 0 Å². The summed E-state index contributed by atoms with van der Waals surface area (Å²) in [6, 6.07) is 18.3. The second-order valence-electron chi connectivity index (χ2n) is 5.47. The number of hydrogen-bond donors (Lipinski definition) is 0. The molecule has 4 rings (SSSR count). The summed E-state index contributed by atoms with van der Waals surface area (Å²) < 4.78 is 6.22. The van der Waals surface area contributed by atoms with Crippen molar-refractivity contribution in [3.63, 3.8) is 0 Å². The predicted octanol–water partition coefficient (Wildman–Crippen LogP) is 5.27. The third kappa shape index (κ3) is 1.86. The number of hydrogen-bond acceptors (Lipinski definition) is 3.